The fourth-order valence-corrected chi connectivity index (χ4v) is 4.13. The molecule has 214 valence electrons. The number of methoxy groups -OCH3 is 1. The van der Waals surface area contributed by atoms with Crippen LogP contribution in [0, 0.1) is 17.0 Å². The Labute approximate surface area is 268 Å². The number of hydrogen-bond donors (Lipinski definition) is 3. The van der Waals surface area contributed by atoms with Gasteiger partial charge in [0.1, 0.15) is 17.0 Å². The molecule has 3 N–H and O–H groups in total. The minimum absolute atomic E-state index is 0. The molecule has 1 heterocycles. The molecule has 3 aromatic carbocycles. The van der Waals surface area contributed by atoms with Gasteiger partial charge in [0.2, 0.25) is 11.8 Å². The molecule has 0 radical (unpaired) electrons. The zero-order valence-electron chi connectivity index (χ0n) is 21.6. The molecule has 42 heavy (non-hydrogen) atoms. The van der Waals surface area contributed by atoms with Crippen molar-refractivity contribution in [1.29, 1.82) is 0 Å². The summed E-state index contributed by atoms with van der Waals surface area (Å²) in [6.07, 6.45) is 2.07. The van der Waals surface area contributed by atoms with E-state index in [0.717, 1.165) is 6.07 Å². The van der Waals surface area contributed by atoms with Crippen molar-refractivity contribution < 1.29 is 42.5 Å². The van der Waals surface area contributed by atoms with E-state index in [2.05, 4.69) is 15.6 Å². The molecule has 0 atom stereocenters. The summed E-state index contributed by atoms with van der Waals surface area (Å²) in [5, 5.41) is 14.5. The summed E-state index contributed by atoms with van der Waals surface area (Å²) < 4.78 is 44.6. The van der Waals surface area contributed by atoms with Gasteiger partial charge >= 0.3 is 43.7 Å². The maximum atomic E-state index is 15.1. The van der Waals surface area contributed by atoms with Crippen molar-refractivity contribution in [3.8, 4) is 23.0 Å². The second-order valence-corrected chi connectivity index (χ2v) is 9.26. The zero-order valence-corrected chi connectivity index (χ0v) is 21.6. The van der Waals surface area contributed by atoms with E-state index < -0.39 is 41.4 Å². The number of amides is 2. The van der Waals surface area contributed by atoms with Crippen LogP contribution in [-0.4, -0.2) is 79.3 Å². The van der Waals surface area contributed by atoms with Crippen molar-refractivity contribution in [2.75, 3.05) is 24.4 Å². The monoisotopic (exact) mass is 605 g/mol. The number of carbonyl (C=O) groups is 3. The van der Waals surface area contributed by atoms with Gasteiger partial charge in [-0.1, -0.05) is 0 Å². The van der Waals surface area contributed by atoms with Gasteiger partial charge in [-0.15, -0.1) is 0 Å². The third-order valence-corrected chi connectivity index (χ3v) is 6.47. The molecule has 1 aliphatic rings. The number of carboxylic acid groups (broad SMARTS) is 1. The number of pyridine rings is 1. The Morgan fingerprint density at radius 1 is 0.881 bits per heavy atom. The van der Waals surface area contributed by atoms with E-state index in [0.29, 0.717) is 29.4 Å². The van der Waals surface area contributed by atoms with Crippen LogP contribution in [0.4, 0.5) is 20.2 Å². The Hall–Kier alpha value is -4.00. The second kappa shape index (κ2) is 12.9. The molecule has 0 spiro atoms. The third kappa shape index (κ3) is 6.72. The normalized spacial score (nSPS) is 12.9. The molecule has 5 rings (SSSR count). The molecule has 4 aromatic rings. The van der Waals surface area contributed by atoms with Crippen LogP contribution in [0.15, 0.2) is 66.9 Å². The summed E-state index contributed by atoms with van der Waals surface area (Å²) in [6, 6.07) is 13.6. The predicted molar refractivity (Wildman–Crippen MR) is 152 cm³/mol. The number of fused-ring (bicyclic) bond motifs is 1. The first-order valence-electron chi connectivity index (χ1n) is 12.4. The number of carbonyl (C=O) groups excluding carboxylic acids is 2. The number of hydrogen-bond acceptors (Lipinski definition) is 7. The summed E-state index contributed by atoms with van der Waals surface area (Å²) in [5.41, 5.74) is -0.431. The fraction of sp³-hybridized carbons (Fsp3) is 0.172. The van der Waals surface area contributed by atoms with Crippen molar-refractivity contribution in [2.24, 2.45) is 5.41 Å². The number of ether oxygens (including phenoxy) is 3. The Kier molecular flexibility index (Phi) is 9.50. The topological polar surface area (TPSA) is 136 Å². The molecular formula is C29H25CaF2N3O7. The molecule has 13 heteroatoms. The van der Waals surface area contributed by atoms with E-state index in [4.69, 9.17) is 19.3 Å². The number of nitrogens with one attached hydrogen (secondary N) is 2. The molecule has 1 fully saturated rings. The maximum absolute atomic E-state index is 15.1. The number of aromatic nitrogens is 1. The molecule has 1 saturated carbocycles. The predicted octanol–water partition coefficient (Wildman–Crippen LogP) is 4.22. The summed E-state index contributed by atoms with van der Waals surface area (Å²) in [4.78, 5) is 40.8. The van der Waals surface area contributed by atoms with Crippen molar-refractivity contribution in [3.05, 3.63) is 78.5 Å². The summed E-state index contributed by atoms with van der Waals surface area (Å²) in [5.74, 6) is -3.01. The quantitative estimate of drug-likeness (QED) is 0.181. The van der Waals surface area contributed by atoms with Gasteiger partial charge in [-0.2, -0.15) is 0 Å². The van der Waals surface area contributed by atoms with Gasteiger partial charge < -0.3 is 30.0 Å². The van der Waals surface area contributed by atoms with Crippen molar-refractivity contribution in [2.45, 2.75) is 12.8 Å². The number of anilines is 2. The fourth-order valence-electron chi connectivity index (χ4n) is 4.13. The summed E-state index contributed by atoms with van der Waals surface area (Å²) in [7, 11) is 1.39. The molecule has 2 amide bonds. The van der Waals surface area contributed by atoms with E-state index in [1.807, 2.05) is 0 Å². The SMILES string of the molecule is COc1cc2c(Oc3ccc(NC(=O)C4(C(=O)Nc5ccc(F)cc5)CC4)cc3F)ccnc2cc1OCC(=O)O.[CaH2]. The number of halogens is 2. The van der Waals surface area contributed by atoms with Crippen LogP contribution < -0.4 is 24.8 Å². The number of aliphatic carboxylic acids is 1. The van der Waals surface area contributed by atoms with Crippen LogP contribution >= 0.6 is 0 Å². The number of nitrogens with zero attached hydrogens (tertiary/aromatic N) is 1. The summed E-state index contributed by atoms with van der Waals surface area (Å²) in [6.45, 7) is -0.577. The van der Waals surface area contributed by atoms with Crippen LogP contribution in [0.2, 0.25) is 0 Å². The van der Waals surface area contributed by atoms with E-state index in [9.17, 15) is 18.8 Å². The first-order valence-corrected chi connectivity index (χ1v) is 12.4. The number of benzene rings is 3. The molecular weight excluding hydrogens is 580 g/mol. The van der Waals surface area contributed by atoms with E-state index in [1.165, 1.54) is 67.9 Å². The first kappa shape index (κ1) is 30.9. The van der Waals surface area contributed by atoms with Gasteiger partial charge in [-0.3, -0.25) is 14.6 Å². The van der Waals surface area contributed by atoms with Crippen LogP contribution in [0.5, 0.6) is 23.0 Å². The molecule has 0 aliphatic heterocycles. The van der Waals surface area contributed by atoms with E-state index in [1.54, 1.807) is 0 Å². The van der Waals surface area contributed by atoms with Gasteiger partial charge in [-0.25, -0.2) is 13.6 Å². The number of rotatable bonds is 10. The zero-order chi connectivity index (χ0) is 29.1. The van der Waals surface area contributed by atoms with E-state index >= 15 is 4.39 Å². The van der Waals surface area contributed by atoms with Crippen molar-refractivity contribution >= 4 is 77.8 Å². The van der Waals surface area contributed by atoms with Crippen LogP contribution in [0.3, 0.4) is 0 Å². The Balaban J connectivity index is 0.00000405. The Morgan fingerprint density at radius 2 is 1.55 bits per heavy atom. The van der Waals surface area contributed by atoms with E-state index in [-0.39, 0.29) is 66.4 Å². The first-order chi connectivity index (χ1) is 19.7. The molecule has 1 aliphatic carbocycles. The van der Waals surface area contributed by atoms with Gasteiger partial charge in [0.05, 0.1) is 12.6 Å². The Bertz CT molecular complexity index is 1660. The van der Waals surface area contributed by atoms with Gasteiger partial charge in [0, 0.05) is 35.1 Å². The van der Waals surface area contributed by atoms with Crippen LogP contribution in [0.25, 0.3) is 10.9 Å². The second-order valence-electron chi connectivity index (χ2n) is 9.26. The van der Waals surface area contributed by atoms with Gasteiger partial charge in [-0.05, 0) is 61.4 Å². The van der Waals surface area contributed by atoms with Crippen molar-refractivity contribution in [1.82, 2.24) is 4.98 Å². The number of carboxylic acids is 1. The molecule has 1 aromatic heterocycles. The summed E-state index contributed by atoms with van der Waals surface area (Å²) >= 11 is 0. The van der Waals surface area contributed by atoms with Crippen LogP contribution in [-0.2, 0) is 14.4 Å². The van der Waals surface area contributed by atoms with Crippen molar-refractivity contribution in [3.63, 3.8) is 0 Å². The third-order valence-electron chi connectivity index (χ3n) is 6.47. The van der Waals surface area contributed by atoms with Gasteiger partial charge in [0.25, 0.3) is 0 Å². The average molecular weight is 606 g/mol. The Morgan fingerprint density at radius 3 is 2.17 bits per heavy atom. The molecule has 0 unspecified atom stereocenters. The van der Waals surface area contributed by atoms with Gasteiger partial charge in [0.15, 0.2) is 29.7 Å². The molecule has 0 bridgehead atoms. The van der Waals surface area contributed by atoms with Crippen LogP contribution in [0.1, 0.15) is 12.8 Å². The standard InChI is InChI=1S/C29H23F2N3O7.Ca.2H/c1-39-24-13-19-21(14-25(24)40-15-26(35)36)32-11-8-22(19)41-23-7-6-18(12-20(23)31)34-28(38)29(9-10-29)27(37)33-17-4-2-16(30)3-5-17;;;/h2-8,11-14H,9-10,15H2,1H3,(H,33,37)(H,34,38)(H,35,36);;;. The molecule has 0 saturated heterocycles. The minimum atomic E-state index is -1.30. The molecule has 10 nitrogen and oxygen atoms in total. The average Bonchev–Trinajstić information content (AvgIpc) is 3.77.